The molecule has 0 spiro atoms. The van der Waals surface area contributed by atoms with E-state index in [1.165, 1.54) is 87.6 Å². The Kier molecular flexibility index (Phi) is 7.60. The lowest BCUT2D eigenvalue weighted by Crippen LogP contribution is -2.28. The highest BCUT2D eigenvalue weighted by atomic mass is 15.2. The normalized spacial score (nSPS) is 18.1. The topological polar surface area (TPSA) is 6.25 Å². The summed E-state index contributed by atoms with van der Waals surface area (Å²) in [5, 5.41) is 5.42. The van der Waals surface area contributed by atoms with E-state index in [4.69, 9.17) is 0 Å². The molecule has 0 bridgehead atoms. The summed E-state index contributed by atoms with van der Waals surface area (Å²) in [5.74, 6) is 0. The van der Waals surface area contributed by atoms with Gasteiger partial charge in [-0.2, -0.15) is 4.58 Å². The van der Waals surface area contributed by atoms with Crippen molar-refractivity contribution in [2.75, 3.05) is 18.0 Å². The van der Waals surface area contributed by atoms with Crippen molar-refractivity contribution in [1.29, 1.82) is 0 Å². The minimum atomic E-state index is -0.0797. The molecule has 0 saturated carbocycles. The number of unbranched alkanes of at least 4 members (excludes halogenated alkanes) is 3. The van der Waals surface area contributed by atoms with Crippen LogP contribution in [0, 0.1) is 0 Å². The van der Waals surface area contributed by atoms with Crippen LogP contribution in [0.4, 0.5) is 11.4 Å². The fourth-order valence-corrected chi connectivity index (χ4v) is 7.62. The summed E-state index contributed by atoms with van der Waals surface area (Å²) in [6.45, 7) is 16.4. The quantitative estimate of drug-likeness (QED) is 0.147. The maximum absolute atomic E-state index is 2.61. The van der Waals surface area contributed by atoms with Crippen molar-refractivity contribution in [3.63, 3.8) is 0 Å². The second-order valence-electron chi connectivity index (χ2n) is 13.3. The van der Waals surface area contributed by atoms with Crippen molar-refractivity contribution in [1.82, 2.24) is 0 Å². The second kappa shape index (κ2) is 11.2. The zero-order chi connectivity index (χ0) is 29.5. The van der Waals surface area contributed by atoms with Crippen LogP contribution in [0.1, 0.15) is 84.8 Å². The number of allylic oxidation sites excluding steroid dienone is 4. The van der Waals surface area contributed by atoms with Crippen LogP contribution in [0.3, 0.4) is 0 Å². The first kappa shape index (κ1) is 28.5. The standard InChI is InChI=1S/C40H47N2/c1-7-9-15-28-42-34-26-24-30-18-12-14-20-32(30)38(34)40(5,6)36(42)22-16-21-35-39(3,4)37-31-19-13-11-17-29(31)23-25-33(37)41(35)27-10-8-2/h11-14,16-26H,7-10,15,27-28H2,1-6H3/q+1. The van der Waals surface area contributed by atoms with Crippen LogP contribution in [-0.4, -0.2) is 23.4 Å². The van der Waals surface area contributed by atoms with Crippen LogP contribution >= 0.6 is 0 Å². The van der Waals surface area contributed by atoms with Gasteiger partial charge in [0.15, 0.2) is 5.71 Å². The predicted molar refractivity (Wildman–Crippen MR) is 183 cm³/mol. The van der Waals surface area contributed by atoms with E-state index >= 15 is 0 Å². The molecule has 6 rings (SSSR count). The number of nitrogens with zero attached hydrogens (tertiary/aromatic N) is 2. The van der Waals surface area contributed by atoms with E-state index in [2.05, 4.69) is 142 Å². The SMILES string of the molecule is CCCCC[N+]1=C(/C=C/C=C2/N(CCCC)c3ccc4ccccc4c3C2(C)C)C(C)(C)c2c1ccc1ccccc21. The molecule has 4 aromatic rings. The summed E-state index contributed by atoms with van der Waals surface area (Å²) in [5.41, 5.74) is 8.33. The highest BCUT2D eigenvalue weighted by molar-refractivity contribution is 6.07. The van der Waals surface area contributed by atoms with Gasteiger partial charge in [0.25, 0.3) is 0 Å². The minimum Gasteiger partial charge on any atom is -0.344 e. The van der Waals surface area contributed by atoms with Gasteiger partial charge in [0.2, 0.25) is 5.69 Å². The molecule has 0 aliphatic carbocycles. The van der Waals surface area contributed by atoms with Gasteiger partial charge >= 0.3 is 0 Å². The molecular formula is C40H47N2+. The number of fused-ring (bicyclic) bond motifs is 6. The lowest BCUT2D eigenvalue weighted by Gasteiger charge is -2.27. The summed E-state index contributed by atoms with van der Waals surface area (Å²) in [7, 11) is 0. The molecule has 0 fully saturated rings. The van der Waals surface area contributed by atoms with E-state index in [-0.39, 0.29) is 10.8 Å². The molecule has 0 aromatic heterocycles. The molecule has 2 aliphatic heterocycles. The minimum absolute atomic E-state index is 0.0792. The van der Waals surface area contributed by atoms with Crippen LogP contribution in [0.5, 0.6) is 0 Å². The van der Waals surface area contributed by atoms with Gasteiger partial charge < -0.3 is 4.90 Å². The summed E-state index contributed by atoms with van der Waals surface area (Å²) in [6, 6.07) is 27.1. The summed E-state index contributed by atoms with van der Waals surface area (Å²) in [6.07, 6.45) is 13.3. The molecule has 0 N–H and O–H groups in total. The van der Waals surface area contributed by atoms with E-state index in [9.17, 15) is 0 Å². The Morgan fingerprint density at radius 3 is 2.02 bits per heavy atom. The molecule has 42 heavy (non-hydrogen) atoms. The van der Waals surface area contributed by atoms with Gasteiger partial charge in [-0.3, -0.25) is 0 Å². The molecular weight excluding hydrogens is 508 g/mol. The summed E-state index contributed by atoms with van der Waals surface area (Å²) >= 11 is 0. The molecule has 0 saturated heterocycles. The monoisotopic (exact) mass is 555 g/mol. The Bertz CT molecular complexity index is 1730. The van der Waals surface area contributed by atoms with Crippen LogP contribution in [0.15, 0.2) is 96.7 Å². The van der Waals surface area contributed by atoms with Crippen molar-refractivity contribution in [3.8, 4) is 0 Å². The largest absolute Gasteiger partial charge is 0.344 e. The van der Waals surface area contributed by atoms with Gasteiger partial charge in [0.1, 0.15) is 6.54 Å². The van der Waals surface area contributed by atoms with E-state index in [0.29, 0.717) is 0 Å². The number of rotatable bonds is 9. The fraction of sp³-hybridized carbons (Fsp3) is 0.375. The Labute approximate surface area is 253 Å². The first-order valence-electron chi connectivity index (χ1n) is 16.2. The van der Waals surface area contributed by atoms with E-state index in [1.54, 1.807) is 0 Å². The third-order valence-corrected chi connectivity index (χ3v) is 9.74. The van der Waals surface area contributed by atoms with Crippen molar-refractivity contribution in [2.45, 2.75) is 84.5 Å². The van der Waals surface area contributed by atoms with E-state index in [0.717, 1.165) is 13.1 Å². The van der Waals surface area contributed by atoms with Gasteiger partial charge in [-0.15, -0.1) is 0 Å². The number of hydrogen-bond donors (Lipinski definition) is 0. The third kappa shape index (κ3) is 4.60. The van der Waals surface area contributed by atoms with Gasteiger partial charge in [-0.25, -0.2) is 0 Å². The molecule has 2 heteroatoms. The van der Waals surface area contributed by atoms with Crippen molar-refractivity contribution >= 4 is 38.6 Å². The van der Waals surface area contributed by atoms with Crippen LogP contribution in [0.2, 0.25) is 0 Å². The zero-order valence-corrected chi connectivity index (χ0v) is 26.5. The lowest BCUT2D eigenvalue weighted by atomic mass is 9.79. The number of benzene rings is 4. The first-order chi connectivity index (χ1) is 20.3. The highest BCUT2D eigenvalue weighted by Crippen LogP contribution is 2.51. The van der Waals surface area contributed by atoms with Crippen LogP contribution < -0.4 is 4.90 Å². The van der Waals surface area contributed by atoms with Gasteiger partial charge in [0.05, 0.1) is 5.41 Å². The highest BCUT2D eigenvalue weighted by Gasteiger charge is 2.45. The summed E-state index contributed by atoms with van der Waals surface area (Å²) < 4.78 is 2.61. The molecule has 0 amide bonds. The van der Waals surface area contributed by atoms with Crippen molar-refractivity contribution in [2.24, 2.45) is 0 Å². The van der Waals surface area contributed by atoms with E-state index < -0.39 is 0 Å². The maximum atomic E-state index is 2.61. The van der Waals surface area contributed by atoms with Gasteiger partial charge in [-0.1, -0.05) is 101 Å². The summed E-state index contributed by atoms with van der Waals surface area (Å²) in [4.78, 5) is 2.60. The molecule has 4 aromatic carbocycles. The average molecular weight is 556 g/mol. The maximum Gasteiger partial charge on any atom is 0.210 e. The number of anilines is 1. The zero-order valence-electron chi connectivity index (χ0n) is 26.5. The molecule has 216 valence electrons. The Hall–Kier alpha value is -3.65. The van der Waals surface area contributed by atoms with Crippen LogP contribution in [0.25, 0.3) is 21.5 Å². The first-order valence-corrected chi connectivity index (χ1v) is 16.2. The van der Waals surface area contributed by atoms with Gasteiger partial charge in [-0.05, 0) is 72.0 Å². The van der Waals surface area contributed by atoms with Crippen molar-refractivity contribution in [3.05, 3.63) is 108 Å². The lowest BCUT2D eigenvalue weighted by molar-refractivity contribution is -0.438. The van der Waals surface area contributed by atoms with Crippen LogP contribution in [-0.2, 0) is 10.8 Å². The molecule has 2 heterocycles. The Morgan fingerprint density at radius 1 is 0.690 bits per heavy atom. The molecule has 0 atom stereocenters. The van der Waals surface area contributed by atoms with E-state index in [1.807, 2.05) is 0 Å². The average Bonchev–Trinajstić information content (AvgIpc) is 3.35. The smallest absolute Gasteiger partial charge is 0.210 e. The Balaban J connectivity index is 1.45. The second-order valence-corrected chi connectivity index (χ2v) is 13.3. The Morgan fingerprint density at radius 2 is 1.33 bits per heavy atom. The number of hydrogen-bond acceptors (Lipinski definition) is 1. The van der Waals surface area contributed by atoms with Gasteiger partial charge in [0, 0.05) is 47.5 Å². The predicted octanol–water partition coefficient (Wildman–Crippen LogP) is 10.6. The molecule has 2 aliphatic rings. The molecule has 2 nitrogen and oxygen atoms in total. The fourth-order valence-electron chi connectivity index (χ4n) is 7.62. The van der Waals surface area contributed by atoms with Crippen molar-refractivity contribution < 1.29 is 4.58 Å². The third-order valence-electron chi connectivity index (χ3n) is 9.74. The molecule has 0 unspecified atom stereocenters. The molecule has 0 radical (unpaired) electrons.